The maximum Gasteiger partial charge on any atom is 0.414 e. The molecule has 1 aliphatic heterocycles. The minimum Gasteiger partial charge on any atom is -0.443 e. The Balaban J connectivity index is 1.77. The smallest absolute Gasteiger partial charge is 0.414 e. The summed E-state index contributed by atoms with van der Waals surface area (Å²) in [5, 5.41) is 2.86. The van der Waals surface area contributed by atoms with Crippen molar-refractivity contribution in [1.29, 1.82) is 0 Å². The van der Waals surface area contributed by atoms with Crippen LogP contribution in [-0.2, 0) is 11.3 Å². The highest BCUT2D eigenvalue weighted by Crippen LogP contribution is 2.30. The number of ether oxygens (including phenoxy) is 1. The van der Waals surface area contributed by atoms with E-state index in [1.807, 2.05) is 61.7 Å². The average Bonchev–Trinajstić information content (AvgIpc) is 3.23. The van der Waals surface area contributed by atoms with E-state index < -0.39 is 11.7 Å². The van der Waals surface area contributed by atoms with E-state index in [4.69, 9.17) is 4.74 Å². The minimum atomic E-state index is -0.576. The van der Waals surface area contributed by atoms with Crippen molar-refractivity contribution >= 4 is 23.3 Å². The molecule has 0 aliphatic carbocycles. The first kappa shape index (κ1) is 18.0. The zero-order valence-corrected chi connectivity index (χ0v) is 16.3. The first-order valence-electron chi connectivity index (χ1n) is 9.09. The number of aromatic nitrogens is 2. The van der Waals surface area contributed by atoms with Gasteiger partial charge in [0.2, 0.25) is 0 Å². The summed E-state index contributed by atoms with van der Waals surface area (Å²) in [6.45, 7) is 6.02. The number of carbonyl (C=O) groups excluding carboxylic acids is 2. The molecule has 2 amide bonds. The van der Waals surface area contributed by atoms with E-state index >= 15 is 0 Å². The van der Waals surface area contributed by atoms with Crippen LogP contribution in [0.25, 0.3) is 16.9 Å². The summed E-state index contributed by atoms with van der Waals surface area (Å²) in [4.78, 5) is 30.6. The second-order valence-corrected chi connectivity index (χ2v) is 7.82. The largest absolute Gasteiger partial charge is 0.443 e. The SMILES string of the molecule is CN(C(=O)OC(C)(C)C)c1ccc2ncc(-c3cccc4c3C(=O)NC4)n2c1. The van der Waals surface area contributed by atoms with Crippen LogP contribution in [0.15, 0.2) is 42.7 Å². The number of imidazole rings is 1. The Bertz CT molecular complexity index is 1090. The Kier molecular flexibility index (Phi) is 4.10. The van der Waals surface area contributed by atoms with Crippen LogP contribution >= 0.6 is 0 Å². The quantitative estimate of drug-likeness (QED) is 0.739. The fourth-order valence-electron chi connectivity index (χ4n) is 3.30. The van der Waals surface area contributed by atoms with Gasteiger partial charge in [-0.15, -0.1) is 0 Å². The summed E-state index contributed by atoms with van der Waals surface area (Å²) in [7, 11) is 1.67. The summed E-state index contributed by atoms with van der Waals surface area (Å²) >= 11 is 0. The number of fused-ring (bicyclic) bond motifs is 2. The molecule has 28 heavy (non-hydrogen) atoms. The third-order valence-corrected chi connectivity index (χ3v) is 4.64. The predicted octanol–water partition coefficient (Wildman–Crippen LogP) is 3.62. The fourth-order valence-corrected chi connectivity index (χ4v) is 3.30. The van der Waals surface area contributed by atoms with Crippen molar-refractivity contribution in [2.24, 2.45) is 0 Å². The molecule has 0 saturated carbocycles. The van der Waals surface area contributed by atoms with Gasteiger partial charge in [0.25, 0.3) is 5.91 Å². The maximum atomic E-state index is 12.4. The predicted molar refractivity (Wildman–Crippen MR) is 106 cm³/mol. The molecular weight excluding hydrogens is 356 g/mol. The molecule has 0 spiro atoms. The highest BCUT2D eigenvalue weighted by atomic mass is 16.6. The number of rotatable bonds is 2. The Hall–Kier alpha value is -3.35. The minimum absolute atomic E-state index is 0.0809. The lowest BCUT2D eigenvalue weighted by Crippen LogP contribution is -2.34. The van der Waals surface area contributed by atoms with Crippen LogP contribution in [0.3, 0.4) is 0 Å². The third kappa shape index (κ3) is 3.09. The number of carbonyl (C=O) groups is 2. The molecule has 0 unspecified atom stereocenters. The van der Waals surface area contributed by atoms with Gasteiger partial charge in [-0.3, -0.25) is 14.1 Å². The molecule has 4 rings (SSSR count). The van der Waals surface area contributed by atoms with E-state index in [2.05, 4.69) is 10.3 Å². The Morgan fingerprint density at radius 1 is 1.25 bits per heavy atom. The number of hydrogen-bond acceptors (Lipinski definition) is 4. The number of hydrogen-bond donors (Lipinski definition) is 1. The van der Waals surface area contributed by atoms with Crippen LogP contribution in [0.1, 0.15) is 36.7 Å². The normalized spacial score (nSPS) is 13.4. The van der Waals surface area contributed by atoms with E-state index in [0.29, 0.717) is 17.8 Å². The molecule has 1 aliphatic rings. The summed E-state index contributed by atoms with van der Waals surface area (Å²) in [6, 6.07) is 9.45. The molecule has 0 atom stereocenters. The first-order valence-corrected chi connectivity index (χ1v) is 9.09. The molecule has 1 N–H and O–H groups in total. The van der Waals surface area contributed by atoms with Gasteiger partial charge < -0.3 is 10.1 Å². The second kappa shape index (κ2) is 6.37. The zero-order chi connectivity index (χ0) is 20.1. The lowest BCUT2D eigenvalue weighted by atomic mass is 10.0. The number of nitrogens with zero attached hydrogens (tertiary/aromatic N) is 3. The van der Waals surface area contributed by atoms with Gasteiger partial charge in [0.15, 0.2) is 0 Å². The highest BCUT2D eigenvalue weighted by molar-refractivity contribution is 6.04. The van der Waals surface area contributed by atoms with Crippen molar-refractivity contribution in [3.05, 3.63) is 53.9 Å². The monoisotopic (exact) mass is 378 g/mol. The average molecular weight is 378 g/mol. The third-order valence-electron chi connectivity index (χ3n) is 4.64. The van der Waals surface area contributed by atoms with Crippen molar-refractivity contribution in [3.63, 3.8) is 0 Å². The number of amides is 2. The molecular formula is C21H22N4O3. The van der Waals surface area contributed by atoms with Crippen molar-refractivity contribution in [2.75, 3.05) is 11.9 Å². The van der Waals surface area contributed by atoms with E-state index in [0.717, 1.165) is 22.5 Å². The van der Waals surface area contributed by atoms with Crippen LogP contribution in [0.4, 0.5) is 10.5 Å². The number of anilines is 1. The fraction of sp³-hybridized carbons (Fsp3) is 0.286. The van der Waals surface area contributed by atoms with Crippen LogP contribution < -0.4 is 10.2 Å². The van der Waals surface area contributed by atoms with Crippen molar-refractivity contribution in [3.8, 4) is 11.3 Å². The van der Waals surface area contributed by atoms with Crippen LogP contribution in [0.2, 0.25) is 0 Å². The number of pyridine rings is 1. The molecule has 2 aromatic heterocycles. The Labute approximate surface area is 162 Å². The zero-order valence-electron chi connectivity index (χ0n) is 16.3. The van der Waals surface area contributed by atoms with E-state index in [9.17, 15) is 9.59 Å². The van der Waals surface area contributed by atoms with Gasteiger partial charge in [0, 0.05) is 25.4 Å². The van der Waals surface area contributed by atoms with Crippen molar-refractivity contribution in [2.45, 2.75) is 32.9 Å². The summed E-state index contributed by atoms with van der Waals surface area (Å²) in [5.41, 5.74) is 4.08. The molecule has 0 radical (unpaired) electrons. The van der Waals surface area contributed by atoms with Gasteiger partial charge in [-0.2, -0.15) is 0 Å². The van der Waals surface area contributed by atoms with Gasteiger partial charge >= 0.3 is 6.09 Å². The lowest BCUT2D eigenvalue weighted by molar-refractivity contribution is 0.0589. The van der Waals surface area contributed by atoms with Crippen LogP contribution in [0.5, 0.6) is 0 Å². The first-order chi connectivity index (χ1) is 13.2. The highest BCUT2D eigenvalue weighted by Gasteiger charge is 2.25. The number of nitrogens with one attached hydrogen (secondary N) is 1. The topological polar surface area (TPSA) is 75.9 Å². The molecule has 144 valence electrons. The van der Waals surface area contributed by atoms with Gasteiger partial charge in [0.1, 0.15) is 11.2 Å². The standard InChI is InChI=1S/C21H22N4O3/c1-21(2,3)28-20(27)24(4)14-8-9-17-22-11-16(25(17)12-14)15-7-5-6-13-10-23-19(26)18(13)15/h5-9,11-12H,10H2,1-4H3,(H,23,26). The van der Waals surface area contributed by atoms with Crippen LogP contribution in [0, 0.1) is 0 Å². The Morgan fingerprint density at radius 2 is 2.04 bits per heavy atom. The van der Waals surface area contributed by atoms with E-state index in [-0.39, 0.29) is 5.91 Å². The lowest BCUT2D eigenvalue weighted by Gasteiger charge is -2.24. The Morgan fingerprint density at radius 3 is 2.79 bits per heavy atom. The summed E-state index contributed by atoms with van der Waals surface area (Å²) in [6.07, 6.45) is 3.13. The molecule has 0 bridgehead atoms. The molecule has 0 saturated heterocycles. The molecule has 7 nitrogen and oxygen atoms in total. The van der Waals surface area contributed by atoms with Crippen LogP contribution in [-0.4, -0.2) is 34.0 Å². The van der Waals surface area contributed by atoms with E-state index in [1.165, 1.54) is 4.90 Å². The van der Waals surface area contributed by atoms with Crippen molar-refractivity contribution < 1.29 is 14.3 Å². The molecule has 1 aromatic carbocycles. The molecule has 3 aromatic rings. The number of benzene rings is 1. The second-order valence-electron chi connectivity index (χ2n) is 7.82. The molecule has 0 fully saturated rings. The van der Waals surface area contributed by atoms with Crippen molar-refractivity contribution in [1.82, 2.24) is 14.7 Å². The van der Waals surface area contributed by atoms with Gasteiger partial charge in [0.05, 0.1) is 23.1 Å². The van der Waals surface area contributed by atoms with Gasteiger partial charge in [-0.25, -0.2) is 9.78 Å². The summed E-state index contributed by atoms with van der Waals surface area (Å²) in [5.74, 6) is -0.0809. The molecule has 3 heterocycles. The maximum absolute atomic E-state index is 12.4. The van der Waals surface area contributed by atoms with Gasteiger partial charge in [-0.1, -0.05) is 18.2 Å². The summed E-state index contributed by atoms with van der Waals surface area (Å²) < 4.78 is 7.33. The molecule has 7 heteroatoms. The van der Waals surface area contributed by atoms with Gasteiger partial charge in [-0.05, 0) is 38.5 Å². The van der Waals surface area contributed by atoms with E-state index in [1.54, 1.807) is 13.2 Å².